The van der Waals surface area contributed by atoms with Gasteiger partial charge in [-0.15, -0.1) is 11.3 Å². The molecule has 0 aliphatic heterocycles. The predicted octanol–water partition coefficient (Wildman–Crippen LogP) is 2.81. The molecule has 1 N–H and O–H groups in total. The van der Waals surface area contributed by atoms with Crippen molar-refractivity contribution in [2.75, 3.05) is 7.11 Å². The van der Waals surface area contributed by atoms with E-state index in [1.165, 1.54) is 11.3 Å². The fourth-order valence-corrected chi connectivity index (χ4v) is 3.34. The van der Waals surface area contributed by atoms with Crippen molar-refractivity contribution in [3.63, 3.8) is 0 Å². The van der Waals surface area contributed by atoms with Crippen LogP contribution in [0.5, 0.6) is 0 Å². The number of thiophene rings is 1. The van der Waals surface area contributed by atoms with Crippen LogP contribution in [0.15, 0.2) is 15.9 Å². The van der Waals surface area contributed by atoms with Crippen LogP contribution >= 0.6 is 27.3 Å². The van der Waals surface area contributed by atoms with Gasteiger partial charge in [0.05, 0.1) is 20.8 Å². The van der Waals surface area contributed by atoms with Crippen molar-refractivity contribution in [3.8, 4) is 0 Å². The summed E-state index contributed by atoms with van der Waals surface area (Å²) in [6.07, 6.45) is 3.34. The summed E-state index contributed by atoms with van der Waals surface area (Å²) in [4.78, 5) is 12.6. The topological polar surface area (TPSA) is 38.3 Å². The van der Waals surface area contributed by atoms with Crippen LogP contribution in [0.1, 0.15) is 28.9 Å². The zero-order chi connectivity index (χ0) is 11.5. The number of nitrogens with one attached hydrogen (secondary N) is 1. The SMILES string of the molecule is COC1CCCC1NC(=O)c1ccc(Br)s1. The van der Waals surface area contributed by atoms with Crippen molar-refractivity contribution in [1.29, 1.82) is 0 Å². The minimum atomic E-state index is 0.00431. The van der Waals surface area contributed by atoms with E-state index in [2.05, 4.69) is 21.2 Å². The number of methoxy groups -OCH3 is 1. The molecule has 1 aliphatic rings. The van der Waals surface area contributed by atoms with E-state index in [1.807, 2.05) is 12.1 Å². The summed E-state index contributed by atoms with van der Waals surface area (Å²) in [5.74, 6) is 0.00431. The van der Waals surface area contributed by atoms with Gasteiger partial charge in [-0.25, -0.2) is 0 Å². The monoisotopic (exact) mass is 303 g/mol. The third-order valence-corrected chi connectivity index (χ3v) is 4.49. The number of amides is 1. The van der Waals surface area contributed by atoms with Gasteiger partial charge in [0, 0.05) is 7.11 Å². The zero-order valence-electron chi connectivity index (χ0n) is 9.03. The second-order valence-corrected chi connectivity index (χ2v) is 6.35. The Kier molecular flexibility index (Phi) is 4.00. The van der Waals surface area contributed by atoms with Crippen LogP contribution in [0.3, 0.4) is 0 Å². The fraction of sp³-hybridized carbons (Fsp3) is 0.545. The van der Waals surface area contributed by atoms with Gasteiger partial charge in [0.25, 0.3) is 5.91 Å². The van der Waals surface area contributed by atoms with Crippen LogP contribution in [0.2, 0.25) is 0 Å². The summed E-state index contributed by atoms with van der Waals surface area (Å²) in [5, 5.41) is 3.04. The number of ether oxygens (including phenoxy) is 1. The average molecular weight is 304 g/mol. The summed E-state index contributed by atoms with van der Waals surface area (Å²) in [6, 6.07) is 3.89. The lowest BCUT2D eigenvalue weighted by molar-refractivity contribution is 0.0724. The Balaban J connectivity index is 1.97. The van der Waals surface area contributed by atoms with Gasteiger partial charge in [-0.1, -0.05) is 0 Å². The predicted molar refractivity (Wildman–Crippen MR) is 67.9 cm³/mol. The molecule has 16 heavy (non-hydrogen) atoms. The Hall–Kier alpha value is -0.390. The molecule has 0 aromatic carbocycles. The van der Waals surface area contributed by atoms with Crippen LogP contribution in [0, 0.1) is 0 Å². The molecule has 5 heteroatoms. The molecule has 1 fully saturated rings. The second-order valence-electron chi connectivity index (χ2n) is 3.89. The highest BCUT2D eigenvalue weighted by atomic mass is 79.9. The molecular formula is C11H14BrNO2S. The molecule has 2 rings (SSSR count). The van der Waals surface area contributed by atoms with Crippen molar-refractivity contribution in [2.24, 2.45) is 0 Å². The molecule has 1 aromatic heterocycles. The zero-order valence-corrected chi connectivity index (χ0v) is 11.4. The average Bonchev–Trinajstić information content (AvgIpc) is 2.86. The van der Waals surface area contributed by atoms with E-state index in [9.17, 15) is 4.79 Å². The van der Waals surface area contributed by atoms with Gasteiger partial charge in [-0.05, 0) is 47.3 Å². The smallest absolute Gasteiger partial charge is 0.261 e. The number of hydrogen-bond acceptors (Lipinski definition) is 3. The van der Waals surface area contributed by atoms with Gasteiger partial charge in [0.2, 0.25) is 0 Å². The van der Waals surface area contributed by atoms with Crippen molar-refractivity contribution in [2.45, 2.75) is 31.4 Å². The van der Waals surface area contributed by atoms with E-state index in [-0.39, 0.29) is 18.1 Å². The van der Waals surface area contributed by atoms with Gasteiger partial charge in [0.15, 0.2) is 0 Å². The van der Waals surface area contributed by atoms with Crippen LogP contribution in [0.4, 0.5) is 0 Å². The number of halogens is 1. The van der Waals surface area contributed by atoms with Crippen molar-refractivity contribution < 1.29 is 9.53 Å². The van der Waals surface area contributed by atoms with Crippen molar-refractivity contribution in [3.05, 3.63) is 20.8 Å². The van der Waals surface area contributed by atoms with Crippen LogP contribution in [-0.4, -0.2) is 25.2 Å². The van der Waals surface area contributed by atoms with Crippen LogP contribution < -0.4 is 5.32 Å². The number of carbonyl (C=O) groups is 1. The maximum absolute atomic E-state index is 11.9. The van der Waals surface area contributed by atoms with E-state index in [1.54, 1.807) is 7.11 Å². The Bertz CT molecular complexity index is 380. The van der Waals surface area contributed by atoms with Gasteiger partial charge in [0.1, 0.15) is 0 Å². The van der Waals surface area contributed by atoms with E-state index >= 15 is 0 Å². The first kappa shape index (κ1) is 12.1. The van der Waals surface area contributed by atoms with E-state index < -0.39 is 0 Å². The molecule has 0 radical (unpaired) electrons. The van der Waals surface area contributed by atoms with Gasteiger partial charge in [-0.3, -0.25) is 4.79 Å². The maximum Gasteiger partial charge on any atom is 0.261 e. The molecule has 0 spiro atoms. The Morgan fingerprint density at radius 1 is 1.56 bits per heavy atom. The molecule has 3 nitrogen and oxygen atoms in total. The van der Waals surface area contributed by atoms with E-state index in [4.69, 9.17) is 4.74 Å². The summed E-state index contributed by atoms with van der Waals surface area (Å²) in [5.41, 5.74) is 0. The molecule has 2 atom stereocenters. The number of rotatable bonds is 3. The van der Waals surface area contributed by atoms with Gasteiger partial charge < -0.3 is 10.1 Å². The third-order valence-electron chi connectivity index (χ3n) is 2.87. The highest BCUT2D eigenvalue weighted by molar-refractivity contribution is 9.11. The number of hydrogen-bond donors (Lipinski definition) is 1. The first-order chi connectivity index (χ1) is 7.70. The molecule has 88 valence electrons. The third kappa shape index (κ3) is 2.64. The summed E-state index contributed by atoms with van der Waals surface area (Å²) < 4.78 is 6.32. The van der Waals surface area contributed by atoms with Crippen molar-refractivity contribution in [1.82, 2.24) is 5.32 Å². The lowest BCUT2D eigenvalue weighted by Crippen LogP contribution is -2.40. The minimum absolute atomic E-state index is 0.00431. The Morgan fingerprint density at radius 2 is 2.38 bits per heavy atom. The molecule has 1 amide bonds. The van der Waals surface area contributed by atoms with Gasteiger partial charge in [-0.2, -0.15) is 0 Å². The molecular weight excluding hydrogens is 290 g/mol. The molecule has 1 aromatic rings. The maximum atomic E-state index is 11.9. The minimum Gasteiger partial charge on any atom is -0.379 e. The highest BCUT2D eigenvalue weighted by Crippen LogP contribution is 2.24. The molecule has 0 bridgehead atoms. The molecule has 2 unspecified atom stereocenters. The van der Waals surface area contributed by atoms with Crippen molar-refractivity contribution >= 4 is 33.2 Å². The normalized spacial score (nSPS) is 24.6. The Morgan fingerprint density at radius 3 is 3.00 bits per heavy atom. The largest absolute Gasteiger partial charge is 0.379 e. The van der Waals surface area contributed by atoms with Gasteiger partial charge >= 0.3 is 0 Å². The molecule has 0 saturated heterocycles. The molecule has 1 saturated carbocycles. The molecule has 1 aliphatic carbocycles. The summed E-state index contributed by atoms with van der Waals surface area (Å²) in [6.45, 7) is 0. The lowest BCUT2D eigenvalue weighted by Gasteiger charge is -2.19. The quantitative estimate of drug-likeness (QED) is 0.932. The molecule has 1 heterocycles. The summed E-state index contributed by atoms with van der Waals surface area (Å²) in [7, 11) is 1.71. The Labute approximate surface area is 107 Å². The second kappa shape index (κ2) is 5.29. The highest BCUT2D eigenvalue weighted by Gasteiger charge is 2.28. The van der Waals surface area contributed by atoms with E-state index in [0.717, 1.165) is 27.9 Å². The summed E-state index contributed by atoms with van der Waals surface area (Å²) >= 11 is 4.80. The lowest BCUT2D eigenvalue weighted by atomic mass is 10.2. The van der Waals surface area contributed by atoms with E-state index in [0.29, 0.717) is 0 Å². The number of carbonyl (C=O) groups excluding carboxylic acids is 1. The standard InChI is InChI=1S/C11H14BrNO2S/c1-15-8-4-2-3-7(8)13-11(14)9-5-6-10(12)16-9/h5-8H,2-4H2,1H3,(H,13,14). The first-order valence-electron chi connectivity index (χ1n) is 5.29. The van der Waals surface area contributed by atoms with Crippen LogP contribution in [0.25, 0.3) is 0 Å². The van der Waals surface area contributed by atoms with Crippen LogP contribution in [-0.2, 0) is 4.74 Å². The first-order valence-corrected chi connectivity index (χ1v) is 6.90. The fourth-order valence-electron chi connectivity index (χ4n) is 2.05.